The van der Waals surface area contributed by atoms with E-state index in [1.807, 2.05) is 13.8 Å². The zero-order valence-electron chi connectivity index (χ0n) is 12.9. The van der Waals surface area contributed by atoms with Gasteiger partial charge in [-0.15, -0.1) is 10.2 Å². The number of benzene rings is 1. The third-order valence-electron chi connectivity index (χ3n) is 3.50. The number of nitro benzene ring substituents is 1. The van der Waals surface area contributed by atoms with E-state index in [2.05, 4.69) is 15.5 Å². The van der Waals surface area contributed by atoms with Gasteiger partial charge in [0, 0.05) is 5.92 Å². The molecule has 0 aliphatic carbocycles. The molecule has 0 unspecified atom stereocenters. The fraction of sp³-hybridized carbons (Fsp3) is 0.357. The van der Waals surface area contributed by atoms with Crippen LogP contribution in [0.4, 0.5) is 10.8 Å². The highest BCUT2D eigenvalue weighted by atomic mass is 35.5. The number of nitrogens with one attached hydrogen (secondary N) is 1. The van der Waals surface area contributed by atoms with Gasteiger partial charge >= 0.3 is 0 Å². The molecule has 0 bridgehead atoms. The van der Waals surface area contributed by atoms with E-state index in [0.29, 0.717) is 0 Å². The lowest BCUT2D eigenvalue weighted by atomic mass is 10.1. The summed E-state index contributed by atoms with van der Waals surface area (Å²) in [5.74, 6) is -0.951. The standard InChI is InChI=1S/C14H15ClN4O4S/c1-3-7(4-2)13-17-18-14(24-13)16-12(21)8-5-9(15)11(20)6-10(8)19(22)23/h5-7,20H,3-4H2,1-2H3,(H,16,18,21). The number of hydrogen-bond acceptors (Lipinski definition) is 7. The van der Waals surface area contributed by atoms with E-state index in [0.717, 1.165) is 30.0 Å². The smallest absolute Gasteiger partial charge is 0.285 e. The van der Waals surface area contributed by atoms with Gasteiger partial charge in [-0.2, -0.15) is 0 Å². The Labute approximate surface area is 146 Å². The summed E-state index contributed by atoms with van der Waals surface area (Å²) in [7, 11) is 0. The fourth-order valence-corrected chi connectivity index (χ4v) is 3.30. The van der Waals surface area contributed by atoms with Crippen LogP contribution in [0.15, 0.2) is 12.1 Å². The number of carbonyl (C=O) groups is 1. The number of aromatic nitrogens is 2. The van der Waals surface area contributed by atoms with Gasteiger partial charge in [-0.25, -0.2) is 0 Å². The number of amides is 1. The van der Waals surface area contributed by atoms with Crippen molar-refractivity contribution in [3.8, 4) is 5.75 Å². The summed E-state index contributed by atoms with van der Waals surface area (Å²) in [6, 6.07) is 1.89. The number of aromatic hydroxyl groups is 1. The van der Waals surface area contributed by atoms with Gasteiger partial charge in [0.05, 0.1) is 16.0 Å². The molecule has 0 aliphatic rings. The molecule has 0 saturated carbocycles. The predicted octanol–water partition coefficient (Wildman–Crippen LogP) is 3.96. The lowest BCUT2D eigenvalue weighted by molar-refractivity contribution is -0.385. The molecule has 8 nitrogen and oxygen atoms in total. The van der Waals surface area contributed by atoms with Crippen molar-refractivity contribution >= 4 is 39.7 Å². The van der Waals surface area contributed by atoms with Crippen molar-refractivity contribution in [2.45, 2.75) is 32.6 Å². The minimum Gasteiger partial charge on any atom is -0.506 e. The predicted molar refractivity (Wildman–Crippen MR) is 91.0 cm³/mol. The molecular formula is C14H15ClN4O4S. The zero-order valence-corrected chi connectivity index (χ0v) is 14.5. The third-order valence-corrected chi connectivity index (χ3v) is 4.81. The van der Waals surface area contributed by atoms with Crippen molar-refractivity contribution < 1.29 is 14.8 Å². The van der Waals surface area contributed by atoms with Crippen LogP contribution in [-0.4, -0.2) is 26.1 Å². The van der Waals surface area contributed by atoms with Crippen molar-refractivity contribution in [3.05, 3.63) is 37.8 Å². The van der Waals surface area contributed by atoms with Crippen LogP contribution in [0.5, 0.6) is 5.75 Å². The molecule has 1 aromatic heterocycles. The lowest BCUT2D eigenvalue weighted by Gasteiger charge is -2.06. The number of phenols is 1. The Bertz CT molecular complexity index is 776. The van der Waals surface area contributed by atoms with Crippen LogP contribution in [0.3, 0.4) is 0 Å². The molecule has 0 aliphatic heterocycles. The third kappa shape index (κ3) is 3.80. The number of carbonyl (C=O) groups excluding carboxylic acids is 1. The molecule has 0 radical (unpaired) electrons. The van der Waals surface area contributed by atoms with Crippen LogP contribution in [0, 0.1) is 10.1 Å². The average molecular weight is 371 g/mol. The molecule has 24 heavy (non-hydrogen) atoms. The van der Waals surface area contributed by atoms with E-state index in [1.54, 1.807) is 0 Å². The monoisotopic (exact) mass is 370 g/mol. The van der Waals surface area contributed by atoms with Crippen LogP contribution in [0.25, 0.3) is 0 Å². The van der Waals surface area contributed by atoms with Gasteiger partial charge in [0.2, 0.25) is 5.13 Å². The second-order valence-electron chi connectivity index (χ2n) is 4.99. The molecule has 1 heterocycles. The molecule has 0 saturated heterocycles. The van der Waals surface area contributed by atoms with E-state index >= 15 is 0 Å². The SMILES string of the molecule is CCC(CC)c1nnc(NC(=O)c2cc(Cl)c(O)cc2[N+](=O)[O-])s1. The van der Waals surface area contributed by atoms with Crippen molar-refractivity contribution in [1.82, 2.24) is 10.2 Å². The first-order valence-corrected chi connectivity index (χ1v) is 8.38. The number of nitrogens with zero attached hydrogens (tertiary/aromatic N) is 3. The van der Waals surface area contributed by atoms with Crippen molar-refractivity contribution in [1.29, 1.82) is 0 Å². The molecule has 128 valence electrons. The molecule has 1 amide bonds. The second-order valence-corrected chi connectivity index (χ2v) is 6.41. The average Bonchev–Trinajstić information content (AvgIpc) is 2.98. The highest BCUT2D eigenvalue weighted by Gasteiger charge is 2.24. The van der Waals surface area contributed by atoms with Gasteiger partial charge in [-0.05, 0) is 18.9 Å². The topological polar surface area (TPSA) is 118 Å². The first kappa shape index (κ1) is 18.1. The lowest BCUT2D eigenvalue weighted by Crippen LogP contribution is -2.14. The summed E-state index contributed by atoms with van der Waals surface area (Å²) in [6.07, 6.45) is 1.80. The van der Waals surface area contributed by atoms with E-state index in [1.165, 1.54) is 11.3 Å². The van der Waals surface area contributed by atoms with Crippen molar-refractivity contribution in [2.75, 3.05) is 5.32 Å². The molecule has 2 aromatic rings. The summed E-state index contributed by atoms with van der Waals surface area (Å²) in [4.78, 5) is 22.6. The first-order chi connectivity index (χ1) is 11.4. The molecule has 0 atom stereocenters. The van der Waals surface area contributed by atoms with Gasteiger partial charge in [-0.3, -0.25) is 20.2 Å². The summed E-state index contributed by atoms with van der Waals surface area (Å²) < 4.78 is 0. The molecule has 2 N–H and O–H groups in total. The molecule has 2 rings (SSSR count). The summed E-state index contributed by atoms with van der Waals surface area (Å²) in [6.45, 7) is 4.07. The van der Waals surface area contributed by atoms with Gasteiger partial charge in [0.1, 0.15) is 16.3 Å². The summed E-state index contributed by atoms with van der Waals surface area (Å²) in [5.41, 5.74) is -0.804. The fourth-order valence-electron chi connectivity index (χ4n) is 2.14. The van der Waals surface area contributed by atoms with Crippen LogP contribution in [0.2, 0.25) is 5.02 Å². The molecular weight excluding hydrogens is 356 g/mol. The number of phenolic OH excluding ortho intramolecular Hbond substituents is 1. The number of halogens is 1. The normalized spacial score (nSPS) is 10.8. The Morgan fingerprint density at radius 1 is 1.42 bits per heavy atom. The van der Waals surface area contributed by atoms with Crippen molar-refractivity contribution in [3.63, 3.8) is 0 Å². The van der Waals surface area contributed by atoms with E-state index in [-0.39, 0.29) is 21.6 Å². The first-order valence-electron chi connectivity index (χ1n) is 7.19. The molecule has 0 spiro atoms. The summed E-state index contributed by atoms with van der Waals surface area (Å²) >= 11 is 6.97. The minimum absolute atomic E-state index is 0.152. The van der Waals surface area contributed by atoms with E-state index in [9.17, 15) is 20.0 Å². The highest BCUT2D eigenvalue weighted by Crippen LogP contribution is 2.33. The van der Waals surface area contributed by atoms with Crippen LogP contribution in [0.1, 0.15) is 48.0 Å². The molecule has 1 aromatic carbocycles. The molecule has 0 fully saturated rings. The zero-order chi connectivity index (χ0) is 17.9. The maximum absolute atomic E-state index is 12.3. The number of rotatable bonds is 6. The maximum Gasteiger partial charge on any atom is 0.285 e. The Kier molecular flexibility index (Phi) is 5.68. The Balaban J connectivity index is 2.27. The highest BCUT2D eigenvalue weighted by molar-refractivity contribution is 7.15. The second kappa shape index (κ2) is 7.54. The van der Waals surface area contributed by atoms with Crippen LogP contribution >= 0.6 is 22.9 Å². The van der Waals surface area contributed by atoms with Crippen LogP contribution in [-0.2, 0) is 0 Å². The number of nitro groups is 1. The number of hydrogen-bond donors (Lipinski definition) is 2. The Morgan fingerprint density at radius 3 is 2.67 bits per heavy atom. The largest absolute Gasteiger partial charge is 0.506 e. The van der Waals surface area contributed by atoms with E-state index < -0.39 is 22.3 Å². The number of anilines is 1. The van der Waals surface area contributed by atoms with E-state index in [4.69, 9.17) is 11.6 Å². The van der Waals surface area contributed by atoms with Gasteiger partial charge in [0.25, 0.3) is 11.6 Å². The maximum atomic E-state index is 12.3. The van der Waals surface area contributed by atoms with Gasteiger partial charge in [-0.1, -0.05) is 36.8 Å². The quantitative estimate of drug-likeness (QED) is 0.586. The minimum atomic E-state index is -0.763. The van der Waals surface area contributed by atoms with Crippen LogP contribution < -0.4 is 5.32 Å². The van der Waals surface area contributed by atoms with Gasteiger partial charge in [0.15, 0.2) is 0 Å². The van der Waals surface area contributed by atoms with Crippen molar-refractivity contribution in [2.24, 2.45) is 0 Å². The molecule has 10 heteroatoms. The Morgan fingerprint density at radius 2 is 2.08 bits per heavy atom. The summed E-state index contributed by atoms with van der Waals surface area (Å²) in [5, 5.41) is 31.9. The van der Waals surface area contributed by atoms with Gasteiger partial charge < -0.3 is 5.11 Å². The Hall–Kier alpha value is -2.26.